The monoisotopic (exact) mass is 565 g/mol. The first-order valence-electron chi connectivity index (χ1n) is 13.3. The van der Waals surface area contributed by atoms with Gasteiger partial charge in [0, 0.05) is 29.3 Å². The van der Waals surface area contributed by atoms with Gasteiger partial charge in [-0.15, -0.1) is 6.42 Å². The molecule has 0 heterocycles. The van der Waals surface area contributed by atoms with E-state index >= 15 is 0 Å². The first-order valence-corrected chi connectivity index (χ1v) is 13.3. The SMILES string of the molecule is C#Cc1ccccc1C(C(=O)Nc1c(C)cccc1C)N(C#C)C(=O)C(Cc1ccc(O)cc1)NC(=O)OC(C)(C)C. The number of alkyl carbamates (subject to hydrolysis) is 1. The summed E-state index contributed by atoms with van der Waals surface area (Å²) in [6.45, 7) is 8.80. The van der Waals surface area contributed by atoms with Crippen molar-refractivity contribution in [3.63, 3.8) is 0 Å². The van der Waals surface area contributed by atoms with Gasteiger partial charge in [-0.3, -0.25) is 14.5 Å². The molecule has 0 fully saturated rings. The van der Waals surface area contributed by atoms with Crippen LogP contribution in [-0.2, 0) is 20.7 Å². The minimum absolute atomic E-state index is 0.00143. The summed E-state index contributed by atoms with van der Waals surface area (Å²) in [7, 11) is 0. The highest BCUT2D eigenvalue weighted by molar-refractivity contribution is 6.00. The molecule has 3 N–H and O–H groups in total. The van der Waals surface area contributed by atoms with Gasteiger partial charge in [-0.05, 0) is 69.5 Å². The third-order valence-corrected chi connectivity index (χ3v) is 6.39. The van der Waals surface area contributed by atoms with Crippen LogP contribution in [0.25, 0.3) is 0 Å². The van der Waals surface area contributed by atoms with E-state index in [1.54, 1.807) is 57.2 Å². The van der Waals surface area contributed by atoms with E-state index in [0.29, 0.717) is 22.4 Å². The van der Waals surface area contributed by atoms with Crippen LogP contribution in [0.4, 0.5) is 10.5 Å². The minimum atomic E-state index is -1.34. The fourth-order valence-corrected chi connectivity index (χ4v) is 4.42. The smallest absolute Gasteiger partial charge is 0.408 e. The van der Waals surface area contributed by atoms with Gasteiger partial charge in [0.15, 0.2) is 6.04 Å². The molecule has 216 valence electrons. The summed E-state index contributed by atoms with van der Waals surface area (Å²) in [4.78, 5) is 42.0. The molecule has 0 saturated carbocycles. The average Bonchev–Trinajstić information content (AvgIpc) is 2.93. The number of aryl methyl sites for hydroxylation is 2. The predicted molar refractivity (Wildman–Crippen MR) is 162 cm³/mol. The van der Waals surface area contributed by atoms with Crippen LogP contribution >= 0.6 is 0 Å². The Kier molecular flexibility index (Phi) is 10.0. The lowest BCUT2D eigenvalue weighted by Gasteiger charge is -2.31. The molecule has 0 aromatic heterocycles. The maximum absolute atomic E-state index is 14.2. The standard InChI is InChI=1S/C34H35N3O5/c1-8-25-15-10-11-16-27(25)30(31(39)36-29-22(3)13-12-14-23(29)4)37(9-2)32(40)28(35-33(41)42-34(5,6)7)21-24-17-19-26(38)20-18-24/h1-2,10-20,28,30,38H,21H2,3-7H3,(H,35,41)(H,36,39). The van der Waals surface area contributed by atoms with E-state index in [9.17, 15) is 19.5 Å². The van der Waals surface area contributed by atoms with Crippen LogP contribution in [0.5, 0.6) is 5.75 Å². The minimum Gasteiger partial charge on any atom is -0.508 e. The van der Waals surface area contributed by atoms with Crippen LogP contribution in [0.1, 0.15) is 54.6 Å². The number of anilines is 1. The summed E-state index contributed by atoms with van der Waals surface area (Å²) in [6, 6.07) is 18.3. The Bertz CT molecular complexity index is 1520. The normalized spacial score (nSPS) is 12.2. The zero-order valence-electron chi connectivity index (χ0n) is 24.4. The van der Waals surface area contributed by atoms with Gasteiger partial charge in [-0.25, -0.2) is 4.79 Å². The van der Waals surface area contributed by atoms with Gasteiger partial charge in [0.1, 0.15) is 17.4 Å². The van der Waals surface area contributed by atoms with E-state index in [1.807, 2.05) is 32.0 Å². The van der Waals surface area contributed by atoms with Gasteiger partial charge in [0.05, 0.1) is 0 Å². The fraction of sp³-hybridized carbons (Fsp3) is 0.265. The van der Waals surface area contributed by atoms with Gasteiger partial charge in [0.25, 0.3) is 11.8 Å². The molecule has 0 radical (unpaired) electrons. The number of ether oxygens (including phenoxy) is 1. The predicted octanol–water partition coefficient (Wildman–Crippen LogP) is 5.23. The fourth-order valence-electron chi connectivity index (χ4n) is 4.42. The van der Waals surface area contributed by atoms with E-state index in [-0.39, 0.29) is 12.2 Å². The molecule has 2 unspecified atom stereocenters. The molecule has 3 aromatic rings. The Hall–Kier alpha value is -5.21. The Morgan fingerprint density at radius 1 is 0.952 bits per heavy atom. The van der Waals surface area contributed by atoms with Gasteiger partial charge < -0.3 is 20.5 Å². The second kappa shape index (κ2) is 13.4. The number of aromatic hydroxyl groups is 1. The van der Waals surface area contributed by atoms with Crippen LogP contribution in [-0.4, -0.2) is 39.6 Å². The van der Waals surface area contributed by atoms with Crippen LogP contribution in [0.3, 0.4) is 0 Å². The Labute approximate surface area is 247 Å². The molecule has 2 atom stereocenters. The topological polar surface area (TPSA) is 108 Å². The van der Waals surface area contributed by atoms with Crippen LogP contribution in [0.15, 0.2) is 66.7 Å². The Balaban J connectivity index is 2.09. The second-order valence-electron chi connectivity index (χ2n) is 10.8. The highest BCUT2D eigenvalue weighted by Crippen LogP contribution is 2.29. The summed E-state index contributed by atoms with van der Waals surface area (Å²) in [5.41, 5.74) is 2.74. The molecule has 0 spiro atoms. The van der Waals surface area contributed by atoms with E-state index in [1.165, 1.54) is 12.1 Å². The zero-order valence-corrected chi connectivity index (χ0v) is 24.4. The molecule has 0 saturated heterocycles. The number of nitrogens with zero attached hydrogens (tertiary/aromatic N) is 1. The summed E-state index contributed by atoms with van der Waals surface area (Å²) in [6.07, 6.45) is 10.9. The first kappa shape index (κ1) is 31.3. The molecule has 42 heavy (non-hydrogen) atoms. The molecule has 3 amide bonds. The van der Waals surface area contributed by atoms with Crippen molar-refractivity contribution in [1.82, 2.24) is 10.2 Å². The van der Waals surface area contributed by atoms with Crippen LogP contribution in [0, 0.1) is 38.7 Å². The molecule has 0 aliphatic rings. The lowest BCUT2D eigenvalue weighted by Crippen LogP contribution is -2.52. The van der Waals surface area contributed by atoms with Crippen molar-refractivity contribution in [1.29, 1.82) is 0 Å². The van der Waals surface area contributed by atoms with Crippen molar-refractivity contribution in [3.8, 4) is 30.6 Å². The lowest BCUT2D eigenvalue weighted by atomic mass is 9.96. The molecule has 3 rings (SSSR count). The third-order valence-electron chi connectivity index (χ3n) is 6.39. The Morgan fingerprint density at radius 2 is 1.57 bits per heavy atom. The number of para-hydroxylation sites is 1. The Morgan fingerprint density at radius 3 is 2.14 bits per heavy atom. The molecular formula is C34H35N3O5. The zero-order chi connectivity index (χ0) is 31.0. The molecule has 0 aliphatic carbocycles. The maximum atomic E-state index is 14.2. The van der Waals surface area contributed by atoms with E-state index in [4.69, 9.17) is 17.6 Å². The van der Waals surface area contributed by atoms with Crippen molar-refractivity contribution in [2.24, 2.45) is 0 Å². The van der Waals surface area contributed by atoms with Crippen molar-refractivity contribution < 1.29 is 24.2 Å². The molecule has 0 aliphatic heterocycles. The largest absolute Gasteiger partial charge is 0.508 e. The number of phenolic OH excluding ortho intramolecular Hbond substituents is 1. The quantitative estimate of drug-likeness (QED) is 0.256. The highest BCUT2D eigenvalue weighted by atomic mass is 16.6. The second-order valence-corrected chi connectivity index (χ2v) is 10.8. The number of carbonyl (C=O) groups excluding carboxylic acids is 3. The number of phenols is 1. The molecule has 8 heteroatoms. The van der Waals surface area contributed by atoms with Crippen molar-refractivity contribution >= 4 is 23.6 Å². The number of carbonyl (C=O) groups is 3. The van der Waals surface area contributed by atoms with Gasteiger partial charge in [-0.1, -0.05) is 60.9 Å². The van der Waals surface area contributed by atoms with Gasteiger partial charge in [0.2, 0.25) is 0 Å². The molecular weight excluding hydrogens is 530 g/mol. The molecule has 3 aromatic carbocycles. The van der Waals surface area contributed by atoms with Gasteiger partial charge in [-0.2, -0.15) is 0 Å². The first-order chi connectivity index (χ1) is 19.8. The number of hydrogen-bond acceptors (Lipinski definition) is 5. The number of terminal acetylenes is 2. The maximum Gasteiger partial charge on any atom is 0.408 e. The van der Waals surface area contributed by atoms with Crippen molar-refractivity contribution in [2.75, 3.05) is 5.32 Å². The van der Waals surface area contributed by atoms with Gasteiger partial charge >= 0.3 is 6.09 Å². The lowest BCUT2D eigenvalue weighted by molar-refractivity contribution is -0.136. The molecule has 0 bridgehead atoms. The number of nitrogens with one attached hydrogen (secondary N) is 2. The number of hydrogen-bond donors (Lipinski definition) is 3. The summed E-state index contributed by atoms with van der Waals surface area (Å²) < 4.78 is 5.40. The number of amides is 3. The number of benzene rings is 3. The van der Waals surface area contributed by atoms with Crippen molar-refractivity contribution in [3.05, 3.63) is 94.5 Å². The molecule has 8 nitrogen and oxygen atoms in total. The van der Waals surface area contributed by atoms with E-state index < -0.39 is 35.6 Å². The summed E-state index contributed by atoms with van der Waals surface area (Å²) in [5, 5.41) is 15.3. The third kappa shape index (κ3) is 7.93. The van der Waals surface area contributed by atoms with E-state index in [0.717, 1.165) is 16.0 Å². The van der Waals surface area contributed by atoms with Crippen LogP contribution in [0.2, 0.25) is 0 Å². The van der Waals surface area contributed by atoms with E-state index in [2.05, 4.69) is 22.6 Å². The average molecular weight is 566 g/mol. The summed E-state index contributed by atoms with van der Waals surface area (Å²) >= 11 is 0. The van der Waals surface area contributed by atoms with Crippen molar-refractivity contribution in [2.45, 2.75) is 58.7 Å². The van der Waals surface area contributed by atoms with Crippen LogP contribution < -0.4 is 10.6 Å². The number of rotatable bonds is 8. The highest BCUT2D eigenvalue weighted by Gasteiger charge is 2.37. The summed E-state index contributed by atoms with van der Waals surface area (Å²) in [5.74, 6) is 1.30.